The van der Waals surface area contributed by atoms with Gasteiger partial charge in [0, 0.05) is 29.9 Å². The molecule has 0 aliphatic rings. The Balaban J connectivity index is 1.51. The van der Waals surface area contributed by atoms with Crippen LogP contribution in [0.15, 0.2) is 35.5 Å². The van der Waals surface area contributed by atoms with Gasteiger partial charge in [0.05, 0.1) is 16.3 Å². The fraction of sp³-hybridized carbons (Fsp3) is 0.294. The van der Waals surface area contributed by atoms with Gasteiger partial charge in [-0.15, -0.1) is 11.3 Å². The van der Waals surface area contributed by atoms with Gasteiger partial charge in [-0.1, -0.05) is 29.8 Å². The Hall–Kier alpha value is -1.94. The number of aromatic nitrogens is 2. The van der Waals surface area contributed by atoms with Gasteiger partial charge in [-0.25, -0.2) is 18.1 Å². The number of halogens is 1. The molecule has 3 rings (SSSR count). The Bertz CT molecular complexity index is 1070. The van der Waals surface area contributed by atoms with Gasteiger partial charge in [0.25, 0.3) is 10.0 Å². The molecule has 0 unspecified atom stereocenters. The van der Waals surface area contributed by atoms with Crippen LogP contribution in [0, 0.1) is 6.92 Å². The quantitative estimate of drug-likeness (QED) is 0.585. The highest BCUT2D eigenvalue weighted by Crippen LogP contribution is 2.35. The van der Waals surface area contributed by atoms with Gasteiger partial charge in [-0.2, -0.15) is 0 Å². The van der Waals surface area contributed by atoms with E-state index in [1.54, 1.807) is 18.5 Å². The Morgan fingerprint density at radius 2 is 2.11 bits per heavy atom. The van der Waals surface area contributed by atoms with Crippen LogP contribution in [0.25, 0.3) is 10.1 Å². The van der Waals surface area contributed by atoms with Crippen LogP contribution in [0.3, 0.4) is 0 Å². The number of sulfonamides is 1. The number of carbonyl (C=O) groups is 1. The second-order valence-corrected chi connectivity index (χ2v) is 9.11. The monoisotopic (exact) mass is 427 g/mol. The molecule has 0 amide bonds. The molecule has 2 aromatic heterocycles. The fourth-order valence-electron chi connectivity index (χ4n) is 2.39. The van der Waals surface area contributed by atoms with Gasteiger partial charge in [0.1, 0.15) is 12.4 Å². The van der Waals surface area contributed by atoms with E-state index in [4.69, 9.17) is 16.3 Å². The van der Waals surface area contributed by atoms with Crippen molar-refractivity contribution in [2.24, 2.45) is 7.05 Å². The molecule has 0 bridgehead atoms. The molecule has 2 heterocycles. The van der Waals surface area contributed by atoms with Crippen molar-refractivity contribution in [2.75, 3.05) is 6.54 Å². The van der Waals surface area contributed by atoms with E-state index in [1.807, 2.05) is 24.3 Å². The van der Waals surface area contributed by atoms with Gasteiger partial charge in [-0.05, 0) is 13.0 Å². The number of imidazole rings is 1. The van der Waals surface area contributed by atoms with Gasteiger partial charge >= 0.3 is 5.97 Å². The number of benzene rings is 1. The van der Waals surface area contributed by atoms with Crippen molar-refractivity contribution in [2.45, 2.75) is 25.0 Å². The third-order valence-electron chi connectivity index (χ3n) is 3.95. The molecule has 1 N–H and O–H groups in total. The van der Waals surface area contributed by atoms with Crippen molar-refractivity contribution < 1.29 is 17.9 Å². The number of aryl methyl sites for hydroxylation is 2. The molecule has 10 heteroatoms. The molecular formula is C17H18ClN3O4S2. The minimum absolute atomic E-state index is 0.0587. The number of fused-ring (bicyclic) bond motifs is 1. The maximum atomic E-state index is 12.1. The number of nitrogens with one attached hydrogen (secondary N) is 1. The van der Waals surface area contributed by atoms with Crippen molar-refractivity contribution >= 4 is 49.0 Å². The van der Waals surface area contributed by atoms with Crippen molar-refractivity contribution in [3.8, 4) is 0 Å². The number of esters is 1. The van der Waals surface area contributed by atoms with E-state index in [0.29, 0.717) is 10.8 Å². The van der Waals surface area contributed by atoms with Gasteiger partial charge in [0.2, 0.25) is 0 Å². The first-order chi connectivity index (χ1) is 12.8. The lowest BCUT2D eigenvalue weighted by atomic mass is 10.2. The maximum Gasteiger partial charge on any atom is 0.307 e. The predicted molar refractivity (Wildman–Crippen MR) is 104 cm³/mol. The first-order valence-corrected chi connectivity index (χ1v) is 10.8. The lowest BCUT2D eigenvalue weighted by Gasteiger charge is -2.05. The lowest BCUT2D eigenvalue weighted by Crippen LogP contribution is -2.27. The van der Waals surface area contributed by atoms with Crippen LogP contribution in [-0.4, -0.2) is 30.5 Å². The van der Waals surface area contributed by atoms with Crippen LogP contribution >= 0.6 is 22.9 Å². The Labute approximate surface area is 166 Å². The molecule has 0 saturated carbocycles. The molecule has 0 atom stereocenters. The van der Waals surface area contributed by atoms with E-state index < -0.39 is 16.0 Å². The summed E-state index contributed by atoms with van der Waals surface area (Å²) in [6, 6.07) is 7.67. The SMILES string of the molecule is Cc1nc(S(=O)(=O)NCCC(=O)OCc2sc3ccccc3c2Cl)cn1C. The first kappa shape index (κ1) is 19.8. The van der Waals surface area contributed by atoms with E-state index in [9.17, 15) is 13.2 Å². The number of hydrogen-bond donors (Lipinski definition) is 1. The smallest absolute Gasteiger partial charge is 0.307 e. The number of thiophene rings is 1. The van der Waals surface area contributed by atoms with E-state index in [-0.39, 0.29) is 24.6 Å². The third kappa shape index (κ3) is 4.49. The van der Waals surface area contributed by atoms with Gasteiger partial charge in [0.15, 0.2) is 5.03 Å². The number of rotatable bonds is 7. The number of nitrogens with zero attached hydrogens (tertiary/aromatic N) is 2. The number of hydrogen-bond acceptors (Lipinski definition) is 6. The zero-order valence-corrected chi connectivity index (χ0v) is 17.1. The highest BCUT2D eigenvalue weighted by Gasteiger charge is 2.19. The molecule has 27 heavy (non-hydrogen) atoms. The minimum atomic E-state index is -3.76. The van der Waals surface area contributed by atoms with Crippen molar-refractivity contribution in [1.29, 1.82) is 0 Å². The Kier molecular flexibility index (Phi) is 5.85. The van der Waals surface area contributed by atoms with E-state index in [2.05, 4.69) is 9.71 Å². The molecule has 0 aliphatic heterocycles. The van der Waals surface area contributed by atoms with E-state index >= 15 is 0 Å². The first-order valence-electron chi connectivity index (χ1n) is 8.09. The van der Waals surface area contributed by atoms with E-state index in [1.165, 1.54) is 17.5 Å². The summed E-state index contributed by atoms with van der Waals surface area (Å²) in [6.45, 7) is 1.69. The average Bonchev–Trinajstić information content (AvgIpc) is 3.14. The van der Waals surface area contributed by atoms with E-state index in [0.717, 1.165) is 15.0 Å². The molecule has 0 fully saturated rings. The minimum Gasteiger partial charge on any atom is -0.460 e. The summed E-state index contributed by atoms with van der Waals surface area (Å²) in [5, 5.41) is 1.43. The number of ether oxygens (including phenoxy) is 1. The van der Waals surface area contributed by atoms with Crippen LogP contribution in [0.5, 0.6) is 0 Å². The summed E-state index contributed by atoms with van der Waals surface area (Å²) in [4.78, 5) is 16.6. The summed E-state index contributed by atoms with van der Waals surface area (Å²) in [5.41, 5.74) is 0. The zero-order chi connectivity index (χ0) is 19.6. The van der Waals surface area contributed by atoms with Crippen LogP contribution in [0.1, 0.15) is 17.1 Å². The second-order valence-electron chi connectivity index (χ2n) is 5.88. The number of carbonyl (C=O) groups excluding carboxylic acids is 1. The molecule has 0 aliphatic carbocycles. The summed E-state index contributed by atoms with van der Waals surface area (Å²) < 4.78 is 34.5. The van der Waals surface area contributed by atoms with Gasteiger partial charge in [-0.3, -0.25) is 4.79 Å². The molecule has 0 radical (unpaired) electrons. The molecule has 1 aromatic carbocycles. The predicted octanol–water partition coefficient (Wildman–Crippen LogP) is 3.01. The average molecular weight is 428 g/mol. The highest BCUT2D eigenvalue weighted by molar-refractivity contribution is 7.89. The van der Waals surface area contributed by atoms with Crippen molar-refractivity contribution in [3.05, 3.63) is 46.2 Å². The summed E-state index contributed by atoms with van der Waals surface area (Å²) >= 11 is 7.77. The van der Waals surface area contributed by atoms with Crippen LogP contribution in [0.4, 0.5) is 0 Å². The molecule has 3 aromatic rings. The summed E-state index contributed by atoms with van der Waals surface area (Å²) in [6.07, 6.45) is 1.33. The summed E-state index contributed by atoms with van der Waals surface area (Å²) in [5.74, 6) is 0.0680. The molecule has 144 valence electrons. The molecular weight excluding hydrogens is 410 g/mol. The highest BCUT2D eigenvalue weighted by atomic mass is 35.5. The largest absolute Gasteiger partial charge is 0.460 e. The topological polar surface area (TPSA) is 90.3 Å². The molecule has 0 saturated heterocycles. The summed E-state index contributed by atoms with van der Waals surface area (Å²) in [7, 11) is -2.05. The Morgan fingerprint density at radius 1 is 1.37 bits per heavy atom. The second kappa shape index (κ2) is 7.97. The standard InChI is InChI=1S/C17H18ClN3O4S2/c1-11-20-15(9-21(11)2)27(23,24)19-8-7-16(22)25-10-14-17(18)12-5-3-4-6-13(12)26-14/h3-6,9,19H,7-8,10H2,1-2H3. The lowest BCUT2D eigenvalue weighted by molar-refractivity contribution is -0.144. The Morgan fingerprint density at radius 3 is 2.78 bits per heavy atom. The van der Waals surface area contributed by atoms with Gasteiger partial charge < -0.3 is 9.30 Å². The zero-order valence-electron chi connectivity index (χ0n) is 14.7. The van der Waals surface area contributed by atoms with Crippen molar-refractivity contribution in [3.63, 3.8) is 0 Å². The fourth-order valence-corrected chi connectivity index (χ4v) is 4.86. The van der Waals surface area contributed by atoms with Crippen LogP contribution in [-0.2, 0) is 33.2 Å². The van der Waals surface area contributed by atoms with Crippen LogP contribution in [0.2, 0.25) is 5.02 Å². The maximum absolute atomic E-state index is 12.1. The molecule has 7 nitrogen and oxygen atoms in total. The van der Waals surface area contributed by atoms with Crippen LogP contribution < -0.4 is 4.72 Å². The molecule has 0 spiro atoms. The van der Waals surface area contributed by atoms with Crippen molar-refractivity contribution in [1.82, 2.24) is 14.3 Å². The normalized spacial score (nSPS) is 11.8. The third-order valence-corrected chi connectivity index (χ3v) is 6.97.